The van der Waals surface area contributed by atoms with Gasteiger partial charge in [0.25, 0.3) is 0 Å². The quantitative estimate of drug-likeness (QED) is 0.0145. The number of allylic oxidation sites excluding steroid dienone is 3. The van der Waals surface area contributed by atoms with Crippen molar-refractivity contribution in [3.8, 4) is 0 Å². The molecule has 0 aromatic heterocycles. The molecule has 13 nitrogen and oxygen atoms in total. The van der Waals surface area contributed by atoms with Crippen LogP contribution in [-0.2, 0) is 32.7 Å². The molecule has 6 N–H and O–H groups in total. The smallest absolute Gasteiger partial charge is 0.462 e. The number of unbranched alkanes of at least 4 members (excludes halogenated alkanes) is 30. The van der Waals surface area contributed by atoms with E-state index in [-0.39, 0.29) is 12.8 Å². The molecule has 1 fully saturated rings. The molecule has 1 aliphatic rings. The van der Waals surface area contributed by atoms with Crippen LogP contribution in [0.25, 0.3) is 0 Å². The molecule has 0 amide bonds. The molecular formula is C51H95O13P. The highest BCUT2D eigenvalue weighted by Crippen LogP contribution is 2.47. The Kier molecular flexibility index (Phi) is 39.0. The summed E-state index contributed by atoms with van der Waals surface area (Å²) in [5.41, 5.74) is 0. The third kappa shape index (κ3) is 33.5. The largest absolute Gasteiger partial charge is 0.472 e. The lowest BCUT2D eigenvalue weighted by Gasteiger charge is -2.41. The number of hydrogen-bond acceptors (Lipinski definition) is 12. The van der Waals surface area contributed by atoms with E-state index in [1.807, 2.05) is 6.08 Å². The van der Waals surface area contributed by atoms with Crippen LogP contribution in [0.15, 0.2) is 24.8 Å². The fourth-order valence-electron chi connectivity index (χ4n) is 8.21. The van der Waals surface area contributed by atoms with Gasteiger partial charge < -0.3 is 39.9 Å². The normalized spacial score (nSPS) is 21.3. The molecule has 0 aromatic rings. The number of hydrogen-bond donors (Lipinski definition) is 6. The number of ether oxygens (including phenoxy) is 2. The Balaban J connectivity index is 2.37. The van der Waals surface area contributed by atoms with Crippen LogP contribution in [0.3, 0.4) is 0 Å². The van der Waals surface area contributed by atoms with E-state index in [2.05, 4.69) is 25.7 Å². The lowest BCUT2D eigenvalue weighted by Crippen LogP contribution is -2.64. The molecule has 0 aromatic carbocycles. The molecule has 0 spiro atoms. The van der Waals surface area contributed by atoms with E-state index in [0.717, 1.165) is 51.4 Å². The van der Waals surface area contributed by atoms with Gasteiger partial charge in [-0.1, -0.05) is 186 Å². The van der Waals surface area contributed by atoms with Gasteiger partial charge in [-0.2, -0.15) is 0 Å². The number of aliphatic hydroxyl groups excluding tert-OH is 5. The molecule has 1 aliphatic carbocycles. The molecule has 1 rings (SSSR count). The molecule has 0 bridgehead atoms. The average molecular weight is 947 g/mol. The number of carbonyl (C=O) groups is 2. The Hall–Kier alpha value is -1.67. The first-order valence-corrected chi connectivity index (χ1v) is 27.6. The first-order valence-electron chi connectivity index (χ1n) is 26.1. The molecule has 0 radical (unpaired) electrons. The van der Waals surface area contributed by atoms with Crippen molar-refractivity contribution in [2.45, 2.75) is 274 Å². The maximum Gasteiger partial charge on any atom is 0.472 e. The summed E-state index contributed by atoms with van der Waals surface area (Å²) in [6.45, 7) is 4.86. The van der Waals surface area contributed by atoms with Crippen molar-refractivity contribution >= 4 is 19.8 Å². The van der Waals surface area contributed by atoms with E-state index >= 15 is 0 Å². The topological polar surface area (TPSA) is 210 Å². The summed E-state index contributed by atoms with van der Waals surface area (Å²) in [6.07, 6.45) is 32.6. The summed E-state index contributed by atoms with van der Waals surface area (Å²) >= 11 is 0. The predicted octanol–water partition coefficient (Wildman–Crippen LogP) is 11.2. The number of phosphoric ester groups is 1. The van der Waals surface area contributed by atoms with Crippen LogP contribution in [0, 0.1) is 0 Å². The van der Waals surface area contributed by atoms with Gasteiger partial charge in [0, 0.05) is 12.8 Å². The first-order chi connectivity index (χ1) is 31.4. The van der Waals surface area contributed by atoms with E-state index in [9.17, 15) is 44.6 Å². The molecule has 6 unspecified atom stereocenters. The van der Waals surface area contributed by atoms with Gasteiger partial charge in [-0.3, -0.25) is 18.6 Å². The molecule has 0 heterocycles. The van der Waals surface area contributed by atoms with Gasteiger partial charge in [0.15, 0.2) is 6.10 Å². The zero-order valence-electron chi connectivity index (χ0n) is 40.6. The minimum absolute atomic E-state index is 0.0982. The maximum atomic E-state index is 12.8. The summed E-state index contributed by atoms with van der Waals surface area (Å²) in [5.74, 6) is -1.09. The third-order valence-corrected chi connectivity index (χ3v) is 13.4. The molecule has 0 aliphatic heterocycles. The second kappa shape index (κ2) is 41.3. The molecule has 14 heteroatoms. The predicted molar refractivity (Wildman–Crippen MR) is 258 cm³/mol. The van der Waals surface area contributed by atoms with Crippen molar-refractivity contribution in [3.05, 3.63) is 24.8 Å². The van der Waals surface area contributed by atoms with Crippen molar-refractivity contribution in [1.29, 1.82) is 0 Å². The highest BCUT2D eigenvalue weighted by molar-refractivity contribution is 7.47. The fourth-order valence-corrected chi connectivity index (χ4v) is 9.18. The molecule has 65 heavy (non-hydrogen) atoms. The van der Waals surface area contributed by atoms with E-state index in [4.69, 9.17) is 18.5 Å². The van der Waals surface area contributed by atoms with Crippen LogP contribution in [0.5, 0.6) is 0 Å². The monoisotopic (exact) mass is 947 g/mol. The second-order valence-corrected chi connectivity index (χ2v) is 19.9. The zero-order valence-corrected chi connectivity index (χ0v) is 41.5. The number of carbonyl (C=O) groups excluding carboxylic acids is 2. The molecule has 382 valence electrons. The summed E-state index contributed by atoms with van der Waals surface area (Å²) in [6, 6.07) is 0. The SMILES string of the molecule is C=CCCCCCCCCCCCCCCCC(=O)OC[C@H](COP(=O)(O)OC1C(O)C(O)C(O)[C@@H](O)C1O)OC(=O)CCCCCCCCCCCCC/C=C/CCCCCCCC. The fraction of sp³-hybridized carbons (Fsp3) is 0.882. The van der Waals surface area contributed by atoms with E-state index in [1.165, 1.54) is 148 Å². The number of esters is 2. The number of rotatable bonds is 45. The summed E-state index contributed by atoms with van der Waals surface area (Å²) < 4.78 is 33.6. The van der Waals surface area contributed by atoms with E-state index < -0.39 is 75.7 Å². The minimum Gasteiger partial charge on any atom is -0.462 e. The summed E-state index contributed by atoms with van der Waals surface area (Å²) in [5, 5.41) is 50.3. The Morgan fingerprint density at radius 2 is 0.862 bits per heavy atom. The van der Waals surface area contributed by atoms with Crippen LogP contribution in [0.2, 0.25) is 0 Å². The third-order valence-electron chi connectivity index (χ3n) is 12.4. The van der Waals surface area contributed by atoms with Crippen molar-refractivity contribution in [1.82, 2.24) is 0 Å². The van der Waals surface area contributed by atoms with Gasteiger partial charge in [-0.15, -0.1) is 6.58 Å². The van der Waals surface area contributed by atoms with Gasteiger partial charge in [0.2, 0.25) is 0 Å². The van der Waals surface area contributed by atoms with E-state index in [0.29, 0.717) is 12.8 Å². The number of aliphatic hydroxyl groups is 5. The second-order valence-electron chi connectivity index (χ2n) is 18.5. The standard InChI is InChI=1S/C51H95O13P/c1-3-5-7-9-11-13-15-17-19-20-21-22-23-24-26-28-30-32-34-36-38-40-45(53)63-43(42-62-65(59,60)64-51-49(57)47(55)46(54)48(56)50(51)58)41-61-44(52)39-37-35-33-31-29-27-25-18-16-14-12-10-8-6-4-2/h4,17,19,43,46-51,54-58H,2-3,5-16,18,20-42H2,1H3,(H,59,60)/b19-17+/t43-,46?,47-,48?,49?,50?,51?/m1/s1. The van der Waals surface area contributed by atoms with Gasteiger partial charge >= 0.3 is 19.8 Å². The van der Waals surface area contributed by atoms with Gasteiger partial charge in [-0.05, 0) is 51.4 Å². The van der Waals surface area contributed by atoms with Gasteiger partial charge in [-0.25, -0.2) is 4.57 Å². The molecule has 1 saturated carbocycles. The van der Waals surface area contributed by atoms with Crippen LogP contribution in [-0.4, -0.2) is 98.3 Å². The highest BCUT2D eigenvalue weighted by atomic mass is 31.2. The highest BCUT2D eigenvalue weighted by Gasteiger charge is 2.51. The van der Waals surface area contributed by atoms with Crippen LogP contribution < -0.4 is 0 Å². The lowest BCUT2D eigenvalue weighted by molar-refractivity contribution is -0.220. The molecular weight excluding hydrogens is 852 g/mol. The first kappa shape index (κ1) is 61.3. The Morgan fingerprint density at radius 1 is 0.508 bits per heavy atom. The molecule has 8 atom stereocenters. The van der Waals surface area contributed by atoms with E-state index in [1.54, 1.807) is 0 Å². The zero-order chi connectivity index (χ0) is 47.8. The van der Waals surface area contributed by atoms with Crippen LogP contribution in [0.1, 0.15) is 232 Å². The van der Waals surface area contributed by atoms with Crippen LogP contribution >= 0.6 is 7.82 Å². The van der Waals surface area contributed by atoms with Crippen LogP contribution in [0.4, 0.5) is 0 Å². The molecule has 0 saturated heterocycles. The van der Waals surface area contributed by atoms with Crippen molar-refractivity contribution in [3.63, 3.8) is 0 Å². The minimum atomic E-state index is -5.12. The Morgan fingerprint density at radius 3 is 1.28 bits per heavy atom. The Bertz CT molecular complexity index is 1220. The van der Waals surface area contributed by atoms with Crippen molar-refractivity contribution in [2.75, 3.05) is 13.2 Å². The lowest BCUT2D eigenvalue weighted by atomic mass is 9.85. The average Bonchev–Trinajstić information content (AvgIpc) is 3.29. The van der Waals surface area contributed by atoms with Crippen molar-refractivity contribution in [2.24, 2.45) is 0 Å². The summed E-state index contributed by atoms with van der Waals surface area (Å²) in [7, 11) is -5.12. The van der Waals surface area contributed by atoms with Gasteiger partial charge in [0.1, 0.15) is 43.2 Å². The Labute approximate surface area is 394 Å². The maximum absolute atomic E-state index is 12.8. The van der Waals surface area contributed by atoms with Gasteiger partial charge in [0.05, 0.1) is 6.61 Å². The summed E-state index contributed by atoms with van der Waals surface area (Å²) in [4.78, 5) is 35.8. The number of phosphoric acid groups is 1. The van der Waals surface area contributed by atoms with Crippen molar-refractivity contribution < 1.29 is 63.1 Å².